The molecule has 0 bridgehead atoms. The lowest BCUT2D eigenvalue weighted by molar-refractivity contribution is 0.688. The van der Waals surface area contributed by atoms with E-state index in [0.29, 0.717) is 0 Å². The summed E-state index contributed by atoms with van der Waals surface area (Å²) in [6.07, 6.45) is 6.40. The molecule has 0 aliphatic heterocycles. The number of pyridine rings is 3. The maximum absolute atomic E-state index is 13.5. The number of benzene rings is 2. The third-order valence-electron chi connectivity index (χ3n) is 6.06. The summed E-state index contributed by atoms with van der Waals surface area (Å²) >= 11 is 0. The van der Waals surface area contributed by atoms with Crippen molar-refractivity contribution in [1.29, 1.82) is 0 Å². The normalized spacial score (nSPS) is 18.0. The third-order valence-corrected chi connectivity index (χ3v) is 6.06. The van der Waals surface area contributed by atoms with E-state index in [2.05, 4.69) is 23.2 Å². The summed E-state index contributed by atoms with van der Waals surface area (Å²) in [6.45, 7) is 0. The van der Waals surface area contributed by atoms with E-state index in [-0.39, 0.29) is 17.5 Å². The fraction of sp³-hybridized carbons (Fsp3) is 0.115. The molecular weight excluding hydrogens is 370 g/mol. The summed E-state index contributed by atoms with van der Waals surface area (Å²) in [6, 6.07) is 24.5. The third kappa shape index (κ3) is 2.72. The van der Waals surface area contributed by atoms with Gasteiger partial charge in [0.25, 0.3) is 5.56 Å². The highest BCUT2D eigenvalue weighted by molar-refractivity contribution is 5.95. The molecule has 0 saturated heterocycles. The van der Waals surface area contributed by atoms with Gasteiger partial charge in [-0.15, -0.1) is 0 Å². The molecule has 0 amide bonds. The van der Waals surface area contributed by atoms with E-state index in [9.17, 15) is 4.79 Å². The molecule has 3 heterocycles. The number of rotatable bonds is 3. The van der Waals surface area contributed by atoms with Gasteiger partial charge in [-0.1, -0.05) is 42.5 Å². The van der Waals surface area contributed by atoms with Crippen LogP contribution in [-0.2, 0) is 0 Å². The van der Waals surface area contributed by atoms with Crippen molar-refractivity contribution < 1.29 is 0 Å². The lowest BCUT2D eigenvalue weighted by atomic mass is 10.0. The average molecular weight is 389 g/mol. The first-order valence-corrected chi connectivity index (χ1v) is 10.2. The van der Waals surface area contributed by atoms with E-state index >= 15 is 0 Å². The first-order valence-electron chi connectivity index (χ1n) is 10.2. The largest absolute Gasteiger partial charge is 0.311 e. The minimum atomic E-state index is 0.0631. The van der Waals surface area contributed by atoms with Crippen molar-refractivity contribution in [3.63, 3.8) is 0 Å². The van der Waals surface area contributed by atoms with Gasteiger partial charge in [0.05, 0.1) is 10.9 Å². The van der Waals surface area contributed by atoms with E-state index < -0.39 is 0 Å². The van der Waals surface area contributed by atoms with Gasteiger partial charge in [-0.3, -0.25) is 14.8 Å². The van der Waals surface area contributed by atoms with Crippen LogP contribution in [0.25, 0.3) is 32.8 Å². The Balaban J connectivity index is 1.43. The summed E-state index contributed by atoms with van der Waals surface area (Å²) in [5, 5.41) is 2.87. The molecule has 2 atom stereocenters. The zero-order valence-corrected chi connectivity index (χ0v) is 16.3. The predicted molar refractivity (Wildman–Crippen MR) is 120 cm³/mol. The maximum Gasteiger partial charge on any atom is 0.259 e. The highest BCUT2D eigenvalue weighted by Crippen LogP contribution is 2.50. The van der Waals surface area contributed by atoms with Crippen molar-refractivity contribution in [3.05, 3.63) is 107 Å². The van der Waals surface area contributed by atoms with Crippen molar-refractivity contribution in [2.24, 2.45) is 0 Å². The standard InChI is InChI=1S/C26H19N3O/c30-26-25-19(5-3-6-20(25)17-10-13-27-14-11-17)12-15-29(26)24-16-21(24)23-9-8-18-4-1-2-7-22(18)28-23/h1-15,21,24H,16H2. The monoisotopic (exact) mass is 389 g/mol. The van der Waals surface area contributed by atoms with E-state index in [4.69, 9.17) is 4.98 Å². The molecule has 144 valence electrons. The smallest absolute Gasteiger partial charge is 0.259 e. The zero-order valence-electron chi connectivity index (χ0n) is 16.3. The Morgan fingerprint density at radius 1 is 0.833 bits per heavy atom. The Morgan fingerprint density at radius 3 is 2.57 bits per heavy atom. The first kappa shape index (κ1) is 17.1. The Hall–Kier alpha value is -3.79. The molecule has 4 heteroatoms. The van der Waals surface area contributed by atoms with Crippen LogP contribution >= 0.6 is 0 Å². The summed E-state index contributed by atoms with van der Waals surface area (Å²) in [7, 11) is 0. The predicted octanol–water partition coefficient (Wildman–Crippen LogP) is 5.34. The number of fused-ring (bicyclic) bond motifs is 2. The molecule has 1 fully saturated rings. The summed E-state index contributed by atoms with van der Waals surface area (Å²) < 4.78 is 1.90. The van der Waals surface area contributed by atoms with Gasteiger partial charge in [-0.25, -0.2) is 0 Å². The molecule has 2 unspecified atom stereocenters. The van der Waals surface area contributed by atoms with Crippen molar-refractivity contribution in [2.45, 2.75) is 18.4 Å². The Morgan fingerprint density at radius 2 is 1.67 bits per heavy atom. The summed E-state index contributed by atoms with van der Waals surface area (Å²) in [4.78, 5) is 22.5. The van der Waals surface area contributed by atoms with Gasteiger partial charge in [0.2, 0.25) is 0 Å². The highest BCUT2D eigenvalue weighted by Gasteiger charge is 2.41. The van der Waals surface area contributed by atoms with Gasteiger partial charge >= 0.3 is 0 Å². The fourth-order valence-corrected chi connectivity index (χ4v) is 4.43. The molecule has 4 nitrogen and oxygen atoms in total. The van der Waals surface area contributed by atoms with Crippen LogP contribution in [0.4, 0.5) is 0 Å². The maximum atomic E-state index is 13.5. The SMILES string of the molecule is O=c1c2c(-c3ccncc3)cccc2ccn1C1CC1c1ccc2ccccc2n1. The van der Waals surface area contributed by atoms with Gasteiger partial charge in [0.1, 0.15) is 0 Å². The second-order valence-corrected chi connectivity index (χ2v) is 7.87. The summed E-state index contributed by atoms with van der Waals surface area (Å²) in [5.41, 5.74) is 4.09. The van der Waals surface area contributed by atoms with E-state index in [0.717, 1.165) is 44.9 Å². The molecule has 0 spiro atoms. The lowest BCUT2D eigenvalue weighted by Gasteiger charge is -2.11. The average Bonchev–Trinajstić information content (AvgIpc) is 3.60. The number of aromatic nitrogens is 3. The van der Waals surface area contributed by atoms with Gasteiger partial charge < -0.3 is 4.57 Å². The second-order valence-electron chi connectivity index (χ2n) is 7.87. The molecule has 3 aromatic heterocycles. The highest BCUT2D eigenvalue weighted by atomic mass is 16.1. The zero-order chi connectivity index (χ0) is 20.1. The minimum absolute atomic E-state index is 0.0631. The van der Waals surface area contributed by atoms with Gasteiger partial charge in [-0.05, 0) is 53.3 Å². The Bertz CT molecular complexity index is 1460. The quantitative estimate of drug-likeness (QED) is 0.418. The van der Waals surface area contributed by atoms with Gasteiger partial charge in [-0.2, -0.15) is 0 Å². The molecular formula is C26H19N3O. The molecule has 1 saturated carbocycles. The fourth-order valence-electron chi connectivity index (χ4n) is 4.43. The van der Waals surface area contributed by atoms with Crippen LogP contribution in [0.15, 0.2) is 96.2 Å². The van der Waals surface area contributed by atoms with Crippen LogP contribution in [0.3, 0.4) is 0 Å². The molecule has 30 heavy (non-hydrogen) atoms. The molecule has 2 aromatic carbocycles. The van der Waals surface area contributed by atoms with Gasteiger partial charge in [0, 0.05) is 41.6 Å². The Labute approximate surface area is 173 Å². The first-order chi connectivity index (χ1) is 14.8. The molecule has 1 aliphatic rings. The molecule has 1 aliphatic carbocycles. The van der Waals surface area contributed by atoms with Crippen molar-refractivity contribution >= 4 is 21.7 Å². The van der Waals surface area contributed by atoms with Crippen LogP contribution < -0.4 is 5.56 Å². The number of para-hydroxylation sites is 1. The van der Waals surface area contributed by atoms with E-state index in [1.54, 1.807) is 12.4 Å². The van der Waals surface area contributed by atoms with E-state index in [1.165, 1.54) is 0 Å². The number of hydrogen-bond donors (Lipinski definition) is 0. The van der Waals surface area contributed by atoms with Gasteiger partial charge in [0.15, 0.2) is 0 Å². The Kier molecular flexibility index (Phi) is 3.78. The van der Waals surface area contributed by atoms with Crippen LogP contribution in [0.2, 0.25) is 0 Å². The number of hydrogen-bond acceptors (Lipinski definition) is 3. The second kappa shape index (κ2) is 6.63. The van der Waals surface area contributed by atoms with Crippen LogP contribution in [0.1, 0.15) is 24.1 Å². The molecule has 5 aromatic rings. The molecule has 0 N–H and O–H groups in total. The molecule has 0 radical (unpaired) electrons. The van der Waals surface area contributed by atoms with Crippen molar-refractivity contribution in [3.8, 4) is 11.1 Å². The lowest BCUT2D eigenvalue weighted by Crippen LogP contribution is -2.19. The summed E-state index contributed by atoms with van der Waals surface area (Å²) in [5.74, 6) is 0.276. The number of nitrogens with zero attached hydrogens (tertiary/aromatic N) is 3. The van der Waals surface area contributed by atoms with Crippen LogP contribution in [0.5, 0.6) is 0 Å². The van der Waals surface area contributed by atoms with Crippen molar-refractivity contribution in [1.82, 2.24) is 14.5 Å². The van der Waals surface area contributed by atoms with Crippen LogP contribution in [0, 0.1) is 0 Å². The topological polar surface area (TPSA) is 47.8 Å². The molecule has 6 rings (SSSR count). The van der Waals surface area contributed by atoms with Crippen LogP contribution in [-0.4, -0.2) is 14.5 Å². The van der Waals surface area contributed by atoms with Crippen molar-refractivity contribution in [2.75, 3.05) is 0 Å². The van der Waals surface area contributed by atoms with E-state index in [1.807, 2.05) is 65.4 Å². The minimum Gasteiger partial charge on any atom is -0.311 e.